The number of ether oxygens (including phenoxy) is 1. The van der Waals surface area contributed by atoms with Gasteiger partial charge in [-0.3, -0.25) is 0 Å². The molecule has 1 saturated carbocycles. The molecule has 1 aromatic carbocycles. The Morgan fingerprint density at radius 3 is 3.00 bits per heavy atom. The number of nitriles is 1. The number of hydrogen-bond donors (Lipinski definition) is 1. The predicted molar refractivity (Wildman–Crippen MR) is 93.3 cm³/mol. The zero-order chi connectivity index (χ0) is 17.4. The summed E-state index contributed by atoms with van der Waals surface area (Å²) < 4.78 is 5.50. The number of nitrogens with zero attached hydrogens (tertiary/aromatic N) is 2. The average Bonchev–Trinajstić information content (AvgIpc) is 2.62. The van der Waals surface area contributed by atoms with Crippen LogP contribution in [-0.4, -0.2) is 36.7 Å². The third kappa shape index (κ3) is 4.84. The van der Waals surface area contributed by atoms with Crippen molar-refractivity contribution in [1.29, 1.82) is 5.26 Å². The molecule has 0 unspecified atom stereocenters. The Balaban J connectivity index is 2.04. The van der Waals surface area contributed by atoms with Gasteiger partial charge in [0.1, 0.15) is 0 Å². The van der Waals surface area contributed by atoms with Gasteiger partial charge in [-0.25, -0.2) is 4.79 Å². The summed E-state index contributed by atoms with van der Waals surface area (Å²) in [6.07, 6.45) is 5.96. The van der Waals surface area contributed by atoms with Crippen molar-refractivity contribution < 1.29 is 9.53 Å². The minimum absolute atomic E-state index is 0.0500. The van der Waals surface area contributed by atoms with Crippen LogP contribution in [0.1, 0.15) is 36.8 Å². The standard InChI is InChI=1S/C19H25N3O2/c1-3-11-22(14-16-8-6-7-15(12-16)13-20)19(23)21-17-9-4-5-10-18(17)24-2/h3,6-8,12,17-18H,1,4-5,9-11,14H2,2H3,(H,21,23)/t17-,18+/m0/s1. The van der Waals surface area contributed by atoms with Crippen molar-refractivity contribution in [1.82, 2.24) is 10.2 Å². The van der Waals surface area contributed by atoms with Crippen molar-refractivity contribution in [3.8, 4) is 6.07 Å². The highest BCUT2D eigenvalue weighted by atomic mass is 16.5. The molecule has 1 fully saturated rings. The van der Waals surface area contributed by atoms with E-state index in [2.05, 4.69) is 18.0 Å². The minimum atomic E-state index is -0.119. The summed E-state index contributed by atoms with van der Waals surface area (Å²) in [5.41, 5.74) is 1.52. The molecule has 0 bridgehead atoms. The number of methoxy groups -OCH3 is 1. The first kappa shape index (κ1) is 18.0. The first-order chi connectivity index (χ1) is 11.7. The fourth-order valence-corrected chi connectivity index (χ4v) is 3.13. The molecule has 5 nitrogen and oxygen atoms in total. The maximum atomic E-state index is 12.7. The summed E-state index contributed by atoms with van der Waals surface area (Å²) >= 11 is 0. The lowest BCUT2D eigenvalue weighted by Crippen LogP contribution is -2.50. The van der Waals surface area contributed by atoms with Crippen LogP contribution in [0.3, 0.4) is 0 Å². The normalized spacial score (nSPS) is 20.0. The van der Waals surface area contributed by atoms with E-state index in [9.17, 15) is 4.79 Å². The monoisotopic (exact) mass is 327 g/mol. The third-order valence-corrected chi connectivity index (χ3v) is 4.38. The molecular weight excluding hydrogens is 302 g/mol. The van der Waals surface area contributed by atoms with Crippen molar-refractivity contribution >= 4 is 6.03 Å². The Morgan fingerprint density at radius 2 is 2.29 bits per heavy atom. The molecule has 2 atom stereocenters. The second kappa shape index (κ2) is 9.09. The lowest BCUT2D eigenvalue weighted by Gasteiger charge is -2.33. The molecule has 2 rings (SSSR count). The number of carbonyl (C=O) groups is 1. The molecule has 0 aliphatic heterocycles. The van der Waals surface area contributed by atoms with E-state index in [0.29, 0.717) is 18.7 Å². The molecule has 24 heavy (non-hydrogen) atoms. The van der Waals surface area contributed by atoms with Gasteiger partial charge in [0, 0.05) is 20.2 Å². The summed E-state index contributed by atoms with van der Waals surface area (Å²) in [6, 6.07) is 9.37. The Labute approximate surface area is 143 Å². The molecule has 0 saturated heterocycles. The molecule has 1 aliphatic rings. The van der Waals surface area contributed by atoms with Crippen LogP contribution < -0.4 is 5.32 Å². The smallest absolute Gasteiger partial charge is 0.318 e. The van der Waals surface area contributed by atoms with Crippen molar-refractivity contribution in [2.75, 3.05) is 13.7 Å². The van der Waals surface area contributed by atoms with Crippen LogP contribution in [-0.2, 0) is 11.3 Å². The number of rotatable bonds is 6. The van der Waals surface area contributed by atoms with E-state index >= 15 is 0 Å². The van der Waals surface area contributed by atoms with E-state index in [4.69, 9.17) is 10.00 Å². The SMILES string of the molecule is C=CCN(Cc1cccc(C#N)c1)C(=O)N[C@H]1CCCC[C@H]1OC. The number of hydrogen-bond acceptors (Lipinski definition) is 3. The predicted octanol–water partition coefficient (Wildman–Crippen LogP) is 3.21. The number of benzene rings is 1. The second-order valence-electron chi connectivity index (χ2n) is 6.10. The van der Waals surface area contributed by atoms with E-state index in [0.717, 1.165) is 31.2 Å². The van der Waals surface area contributed by atoms with Gasteiger partial charge in [-0.15, -0.1) is 6.58 Å². The highest BCUT2D eigenvalue weighted by Crippen LogP contribution is 2.21. The zero-order valence-electron chi connectivity index (χ0n) is 14.2. The first-order valence-corrected chi connectivity index (χ1v) is 8.36. The Morgan fingerprint density at radius 1 is 1.50 bits per heavy atom. The maximum Gasteiger partial charge on any atom is 0.318 e. The van der Waals surface area contributed by atoms with E-state index in [1.165, 1.54) is 0 Å². The topological polar surface area (TPSA) is 65.4 Å². The molecule has 0 heterocycles. The lowest BCUT2D eigenvalue weighted by molar-refractivity contribution is 0.0431. The second-order valence-corrected chi connectivity index (χ2v) is 6.10. The highest BCUT2D eigenvalue weighted by molar-refractivity contribution is 5.74. The van der Waals surface area contributed by atoms with E-state index in [-0.39, 0.29) is 18.2 Å². The summed E-state index contributed by atoms with van der Waals surface area (Å²) in [5, 5.41) is 12.1. The molecule has 1 aliphatic carbocycles. The summed E-state index contributed by atoms with van der Waals surface area (Å²) in [7, 11) is 1.70. The number of carbonyl (C=O) groups excluding carboxylic acids is 1. The number of urea groups is 1. The lowest BCUT2D eigenvalue weighted by atomic mass is 9.92. The molecule has 0 aromatic heterocycles. The van der Waals surface area contributed by atoms with Gasteiger partial charge < -0.3 is 15.0 Å². The average molecular weight is 327 g/mol. The van der Waals surface area contributed by atoms with Gasteiger partial charge in [0.2, 0.25) is 0 Å². The van der Waals surface area contributed by atoms with Crippen LogP contribution in [0.15, 0.2) is 36.9 Å². The van der Waals surface area contributed by atoms with Crippen LogP contribution in [0.2, 0.25) is 0 Å². The molecular formula is C19H25N3O2. The molecule has 0 spiro atoms. The summed E-state index contributed by atoms with van der Waals surface area (Å²) in [6.45, 7) is 4.63. The number of amides is 2. The van der Waals surface area contributed by atoms with Crippen LogP contribution in [0.5, 0.6) is 0 Å². The minimum Gasteiger partial charge on any atom is -0.379 e. The Bertz CT molecular complexity index is 609. The van der Waals surface area contributed by atoms with Crippen LogP contribution in [0, 0.1) is 11.3 Å². The van der Waals surface area contributed by atoms with Crippen LogP contribution in [0.4, 0.5) is 4.79 Å². The molecule has 128 valence electrons. The highest BCUT2D eigenvalue weighted by Gasteiger charge is 2.27. The fraction of sp³-hybridized carbons (Fsp3) is 0.474. The Hall–Kier alpha value is -2.32. The summed E-state index contributed by atoms with van der Waals surface area (Å²) in [5.74, 6) is 0. The first-order valence-electron chi connectivity index (χ1n) is 8.36. The van der Waals surface area contributed by atoms with Gasteiger partial charge in [0.15, 0.2) is 0 Å². The van der Waals surface area contributed by atoms with E-state index in [1.807, 2.05) is 18.2 Å². The fourth-order valence-electron chi connectivity index (χ4n) is 3.13. The molecule has 0 radical (unpaired) electrons. The van der Waals surface area contributed by atoms with E-state index < -0.39 is 0 Å². The largest absolute Gasteiger partial charge is 0.379 e. The van der Waals surface area contributed by atoms with Crippen molar-refractivity contribution in [3.05, 3.63) is 48.0 Å². The molecule has 2 amide bonds. The van der Waals surface area contributed by atoms with Gasteiger partial charge in [0.25, 0.3) is 0 Å². The maximum absolute atomic E-state index is 12.7. The van der Waals surface area contributed by atoms with Crippen LogP contribution in [0.25, 0.3) is 0 Å². The van der Waals surface area contributed by atoms with Gasteiger partial charge in [-0.2, -0.15) is 5.26 Å². The van der Waals surface area contributed by atoms with Crippen molar-refractivity contribution in [2.45, 2.75) is 44.4 Å². The van der Waals surface area contributed by atoms with Gasteiger partial charge >= 0.3 is 6.03 Å². The van der Waals surface area contributed by atoms with Crippen molar-refractivity contribution in [2.24, 2.45) is 0 Å². The van der Waals surface area contributed by atoms with Crippen molar-refractivity contribution in [3.63, 3.8) is 0 Å². The number of nitrogens with one attached hydrogen (secondary N) is 1. The zero-order valence-corrected chi connectivity index (χ0v) is 14.2. The Kier molecular flexibility index (Phi) is 6.83. The van der Waals surface area contributed by atoms with Crippen LogP contribution >= 0.6 is 0 Å². The third-order valence-electron chi connectivity index (χ3n) is 4.38. The molecule has 1 aromatic rings. The quantitative estimate of drug-likeness (QED) is 0.816. The molecule has 1 N–H and O–H groups in total. The molecule has 5 heteroatoms. The summed E-state index contributed by atoms with van der Waals surface area (Å²) in [4.78, 5) is 14.4. The van der Waals surface area contributed by atoms with Gasteiger partial charge in [0.05, 0.1) is 23.8 Å². The van der Waals surface area contributed by atoms with Gasteiger partial charge in [-0.1, -0.05) is 31.1 Å². The van der Waals surface area contributed by atoms with E-state index in [1.54, 1.807) is 24.2 Å². The van der Waals surface area contributed by atoms with Gasteiger partial charge in [-0.05, 0) is 30.5 Å².